The highest BCUT2D eigenvalue weighted by atomic mass is 35.5. The number of para-hydroxylation sites is 1. The van der Waals surface area contributed by atoms with Crippen LogP contribution in [-0.2, 0) is 17.1 Å². The van der Waals surface area contributed by atoms with E-state index in [0.717, 1.165) is 18.2 Å². The number of hydrogen-bond acceptors (Lipinski definition) is 5. The van der Waals surface area contributed by atoms with E-state index in [4.69, 9.17) is 11.6 Å². The van der Waals surface area contributed by atoms with Crippen LogP contribution in [0.15, 0.2) is 53.7 Å². The van der Waals surface area contributed by atoms with Crippen molar-refractivity contribution in [1.82, 2.24) is 14.8 Å². The van der Waals surface area contributed by atoms with Crippen LogP contribution in [0.3, 0.4) is 0 Å². The van der Waals surface area contributed by atoms with Crippen LogP contribution in [0.2, 0.25) is 5.02 Å². The average molecular weight is 415 g/mol. The van der Waals surface area contributed by atoms with Gasteiger partial charge in [-0.3, -0.25) is 4.72 Å². The Kier molecular flexibility index (Phi) is 5.29. The van der Waals surface area contributed by atoms with E-state index in [9.17, 15) is 17.2 Å². The Morgan fingerprint density at radius 1 is 1.22 bits per heavy atom. The number of alkyl halides is 2. The molecule has 11 heteroatoms. The summed E-state index contributed by atoms with van der Waals surface area (Å²) < 4.78 is 58.3. The topological polar surface area (TPSA) is 86.1 Å². The number of anilines is 1. The summed E-state index contributed by atoms with van der Waals surface area (Å²) in [6, 6.07) is 9.87. The van der Waals surface area contributed by atoms with Gasteiger partial charge in [0.25, 0.3) is 10.0 Å². The molecule has 7 nitrogen and oxygen atoms in total. The first-order chi connectivity index (χ1) is 12.8. The summed E-state index contributed by atoms with van der Waals surface area (Å²) in [6.07, 6.45) is 1.49. The molecule has 0 aliphatic carbocycles. The van der Waals surface area contributed by atoms with Gasteiger partial charge in [0.15, 0.2) is 5.82 Å². The van der Waals surface area contributed by atoms with Crippen molar-refractivity contribution >= 4 is 27.3 Å². The van der Waals surface area contributed by atoms with E-state index in [1.165, 1.54) is 6.33 Å². The molecule has 0 saturated heterocycles. The minimum atomic E-state index is -4.04. The van der Waals surface area contributed by atoms with Gasteiger partial charge in [0, 0.05) is 12.6 Å². The Bertz CT molecular complexity index is 1070. The van der Waals surface area contributed by atoms with E-state index in [0.29, 0.717) is 11.4 Å². The maximum atomic E-state index is 12.7. The van der Waals surface area contributed by atoms with Gasteiger partial charge in [-0.15, -0.1) is 10.2 Å². The van der Waals surface area contributed by atoms with Crippen molar-refractivity contribution in [2.24, 2.45) is 7.05 Å². The number of benzene rings is 2. The third-order valence-electron chi connectivity index (χ3n) is 3.55. The van der Waals surface area contributed by atoms with Gasteiger partial charge in [-0.05, 0) is 30.3 Å². The van der Waals surface area contributed by atoms with Crippen molar-refractivity contribution in [3.8, 4) is 17.1 Å². The molecule has 1 N–H and O–H groups in total. The Morgan fingerprint density at radius 3 is 2.59 bits per heavy atom. The first kappa shape index (κ1) is 19.1. The van der Waals surface area contributed by atoms with Gasteiger partial charge >= 0.3 is 6.61 Å². The summed E-state index contributed by atoms with van der Waals surface area (Å²) in [6.45, 7) is -3.07. The highest BCUT2D eigenvalue weighted by Crippen LogP contribution is 2.31. The van der Waals surface area contributed by atoms with E-state index in [-0.39, 0.29) is 21.4 Å². The Labute approximate surface area is 158 Å². The van der Waals surface area contributed by atoms with Crippen LogP contribution in [0.1, 0.15) is 0 Å². The molecule has 0 spiro atoms. The normalized spacial score (nSPS) is 11.6. The molecule has 3 rings (SSSR count). The molecule has 0 amide bonds. The van der Waals surface area contributed by atoms with E-state index < -0.39 is 16.6 Å². The molecule has 0 bridgehead atoms. The molecule has 1 aromatic heterocycles. The van der Waals surface area contributed by atoms with Gasteiger partial charge in [0.1, 0.15) is 12.1 Å². The third kappa shape index (κ3) is 4.17. The van der Waals surface area contributed by atoms with Gasteiger partial charge in [-0.2, -0.15) is 8.78 Å². The van der Waals surface area contributed by atoms with E-state index >= 15 is 0 Å². The fourth-order valence-electron chi connectivity index (χ4n) is 2.34. The van der Waals surface area contributed by atoms with Gasteiger partial charge < -0.3 is 9.30 Å². The SMILES string of the molecule is Cn1cnnc1-c1ccccc1NS(=O)(=O)c1ccc(OC(F)F)c(Cl)c1. The van der Waals surface area contributed by atoms with Crippen LogP contribution in [-0.4, -0.2) is 29.8 Å². The summed E-state index contributed by atoms with van der Waals surface area (Å²) in [5.74, 6) is 0.150. The number of aryl methyl sites for hydroxylation is 1. The number of sulfonamides is 1. The molecule has 0 saturated carbocycles. The number of nitrogens with one attached hydrogen (secondary N) is 1. The lowest BCUT2D eigenvalue weighted by Gasteiger charge is -2.13. The molecule has 3 aromatic rings. The van der Waals surface area contributed by atoms with Crippen LogP contribution in [0, 0.1) is 0 Å². The number of halogens is 3. The summed E-state index contributed by atoms with van der Waals surface area (Å²) in [7, 11) is -2.32. The monoisotopic (exact) mass is 414 g/mol. The van der Waals surface area contributed by atoms with Gasteiger partial charge in [-0.25, -0.2) is 8.42 Å². The highest BCUT2D eigenvalue weighted by molar-refractivity contribution is 7.92. The van der Waals surface area contributed by atoms with Crippen LogP contribution >= 0.6 is 11.6 Å². The zero-order chi connectivity index (χ0) is 19.6. The van der Waals surface area contributed by atoms with Crippen molar-refractivity contribution in [1.29, 1.82) is 0 Å². The van der Waals surface area contributed by atoms with Crippen LogP contribution in [0.5, 0.6) is 5.75 Å². The van der Waals surface area contributed by atoms with Crippen molar-refractivity contribution in [2.75, 3.05) is 4.72 Å². The lowest BCUT2D eigenvalue weighted by Crippen LogP contribution is -2.14. The lowest BCUT2D eigenvalue weighted by molar-refractivity contribution is -0.0498. The van der Waals surface area contributed by atoms with Crippen molar-refractivity contribution in [3.63, 3.8) is 0 Å². The van der Waals surface area contributed by atoms with Crippen LogP contribution < -0.4 is 9.46 Å². The molecule has 1 heterocycles. The maximum Gasteiger partial charge on any atom is 0.387 e. The van der Waals surface area contributed by atoms with Crippen LogP contribution in [0.25, 0.3) is 11.4 Å². The smallest absolute Gasteiger partial charge is 0.387 e. The maximum absolute atomic E-state index is 12.7. The molecule has 27 heavy (non-hydrogen) atoms. The molecule has 0 fully saturated rings. The molecular weight excluding hydrogens is 402 g/mol. The zero-order valence-electron chi connectivity index (χ0n) is 13.8. The number of rotatable bonds is 6. The molecule has 2 aromatic carbocycles. The van der Waals surface area contributed by atoms with Gasteiger partial charge in [0.2, 0.25) is 0 Å². The Morgan fingerprint density at radius 2 is 1.96 bits per heavy atom. The standard InChI is InChI=1S/C16H13ClF2N4O3S/c1-23-9-20-21-15(23)11-4-2-3-5-13(11)22-27(24,25)10-6-7-14(12(17)8-10)26-16(18)19/h2-9,16,22H,1H3. The largest absolute Gasteiger partial charge is 0.433 e. The molecule has 0 aliphatic rings. The number of aromatic nitrogens is 3. The molecule has 0 aliphatic heterocycles. The lowest BCUT2D eigenvalue weighted by atomic mass is 10.2. The molecule has 0 unspecified atom stereocenters. The van der Waals surface area contributed by atoms with E-state index in [2.05, 4.69) is 19.7 Å². The van der Waals surface area contributed by atoms with E-state index in [1.807, 2.05) is 0 Å². The van der Waals surface area contributed by atoms with Gasteiger partial charge in [0.05, 0.1) is 15.6 Å². The highest BCUT2D eigenvalue weighted by Gasteiger charge is 2.20. The second kappa shape index (κ2) is 7.49. The number of ether oxygens (including phenoxy) is 1. The predicted octanol–water partition coefficient (Wildman–Crippen LogP) is 3.54. The fraction of sp³-hybridized carbons (Fsp3) is 0.125. The second-order valence-corrected chi connectivity index (χ2v) is 7.48. The Balaban J connectivity index is 1.94. The summed E-state index contributed by atoms with van der Waals surface area (Å²) >= 11 is 5.84. The molecule has 0 atom stereocenters. The summed E-state index contributed by atoms with van der Waals surface area (Å²) in [5.41, 5.74) is 0.794. The van der Waals surface area contributed by atoms with E-state index in [1.54, 1.807) is 35.9 Å². The first-order valence-corrected chi connectivity index (χ1v) is 9.34. The predicted molar refractivity (Wildman–Crippen MR) is 95.3 cm³/mol. The quantitative estimate of drug-likeness (QED) is 0.666. The second-order valence-electron chi connectivity index (χ2n) is 5.39. The zero-order valence-corrected chi connectivity index (χ0v) is 15.4. The van der Waals surface area contributed by atoms with Gasteiger partial charge in [-0.1, -0.05) is 23.7 Å². The molecule has 142 valence electrons. The minimum Gasteiger partial charge on any atom is -0.433 e. The minimum absolute atomic E-state index is 0.207. The average Bonchev–Trinajstić information content (AvgIpc) is 3.02. The third-order valence-corrected chi connectivity index (χ3v) is 5.21. The summed E-state index contributed by atoms with van der Waals surface area (Å²) in [5, 5.41) is 7.50. The number of nitrogens with zero attached hydrogens (tertiary/aromatic N) is 3. The molecule has 0 radical (unpaired) electrons. The van der Waals surface area contributed by atoms with Crippen molar-refractivity contribution in [3.05, 3.63) is 53.8 Å². The van der Waals surface area contributed by atoms with Crippen molar-refractivity contribution in [2.45, 2.75) is 11.5 Å². The van der Waals surface area contributed by atoms with Crippen LogP contribution in [0.4, 0.5) is 14.5 Å². The summed E-state index contributed by atoms with van der Waals surface area (Å²) in [4.78, 5) is -0.207. The fourth-order valence-corrected chi connectivity index (χ4v) is 3.73. The first-order valence-electron chi connectivity index (χ1n) is 7.48. The molecular formula is C16H13ClF2N4O3S. The number of hydrogen-bond donors (Lipinski definition) is 1. The van der Waals surface area contributed by atoms with Crippen molar-refractivity contribution < 1.29 is 21.9 Å². The Hall–Kier alpha value is -2.72.